The van der Waals surface area contributed by atoms with Gasteiger partial charge in [0.15, 0.2) is 12.2 Å². The fourth-order valence-electron chi connectivity index (χ4n) is 14.6. The Kier molecular flexibility index (Phi) is 82.6. The van der Waals surface area contributed by atoms with Gasteiger partial charge in [-0.05, 0) is 37.5 Å². The maximum atomic E-state index is 13.2. The molecular weight excluding hydrogens is 1450 g/mol. The average molecular weight is 1630 g/mol. The van der Waals surface area contributed by atoms with Crippen LogP contribution in [0.25, 0.3) is 0 Å². The van der Waals surface area contributed by atoms with E-state index in [4.69, 9.17) is 37.0 Å². The minimum Gasteiger partial charge on any atom is -0.462 e. The molecule has 0 saturated heterocycles. The zero-order valence-electron chi connectivity index (χ0n) is 74.0. The van der Waals surface area contributed by atoms with Crippen molar-refractivity contribution in [2.75, 3.05) is 39.6 Å². The van der Waals surface area contributed by atoms with Gasteiger partial charge in [-0.25, -0.2) is 9.13 Å². The predicted octanol–water partition coefficient (Wildman–Crippen LogP) is 29.0. The molecule has 4 unspecified atom stereocenters. The molecule has 0 aliphatic heterocycles. The van der Waals surface area contributed by atoms with Gasteiger partial charge in [0.05, 0.1) is 26.4 Å². The summed E-state index contributed by atoms with van der Waals surface area (Å²) < 4.78 is 69.1. The van der Waals surface area contributed by atoms with Crippen molar-refractivity contribution in [1.82, 2.24) is 0 Å². The fraction of sp³-hybridized carbons (Fsp3) is 0.957. The van der Waals surface area contributed by atoms with Gasteiger partial charge in [-0.2, -0.15) is 0 Å². The number of unbranched alkanes of at least 4 members (excludes halogenated alkanes) is 60. The van der Waals surface area contributed by atoms with Crippen molar-refractivity contribution in [2.24, 2.45) is 11.8 Å². The summed E-state index contributed by atoms with van der Waals surface area (Å²) in [6, 6.07) is 0. The Hall–Kier alpha value is -1.94. The molecule has 0 aliphatic rings. The van der Waals surface area contributed by atoms with Gasteiger partial charge in [-0.1, -0.05) is 452 Å². The minimum absolute atomic E-state index is 0.108. The highest BCUT2D eigenvalue weighted by Crippen LogP contribution is 2.45. The van der Waals surface area contributed by atoms with E-state index in [0.717, 1.165) is 102 Å². The van der Waals surface area contributed by atoms with E-state index in [1.165, 1.54) is 321 Å². The first-order valence-electron chi connectivity index (χ1n) is 48.1. The molecule has 0 amide bonds. The number of hydrogen-bond acceptors (Lipinski definition) is 15. The predicted molar refractivity (Wildman–Crippen MR) is 465 cm³/mol. The lowest BCUT2D eigenvalue weighted by molar-refractivity contribution is -0.161. The van der Waals surface area contributed by atoms with Gasteiger partial charge in [0.2, 0.25) is 0 Å². The number of esters is 4. The summed E-state index contributed by atoms with van der Waals surface area (Å²) in [5.74, 6) is -0.375. The molecule has 3 N–H and O–H groups in total. The molecule has 0 aromatic carbocycles. The fourth-order valence-corrected chi connectivity index (χ4v) is 16.2. The van der Waals surface area contributed by atoms with Gasteiger partial charge in [-0.15, -0.1) is 0 Å². The standard InChI is InChI=1S/C93H182O17P2/c1-7-11-13-15-17-19-21-23-24-25-26-27-31-34-40-46-52-58-64-70-76-91(96)104-82-89(110-92(97)77-71-65-59-53-47-41-35-32-29-28-30-33-38-43-49-55-61-67-73-85(5)9-3)84-108-112(101,102)106-80-87(94)79-105-111(99,100)107-83-88(81-103-90(95)75-69-63-57-51-45-22-20-18-16-14-12-8-2)109-93(98)78-72-66-60-54-48-42-37-36-39-44-50-56-62-68-74-86(6)10-4/h85-89,94H,7-84H2,1-6H3,(H,99,100)(H,101,102)/t85?,86?,87-,88+,89+/m0/s1. The summed E-state index contributed by atoms with van der Waals surface area (Å²) in [4.78, 5) is 73.5. The Balaban J connectivity index is 5.25. The number of rotatable bonds is 92. The first-order valence-corrected chi connectivity index (χ1v) is 51.1. The van der Waals surface area contributed by atoms with E-state index >= 15 is 0 Å². The lowest BCUT2D eigenvalue weighted by atomic mass is 9.99. The maximum absolute atomic E-state index is 13.2. The number of aliphatic hydroxyl groups is 1. The highest BCUT2D eigenvalue weighted by Gasteiger charge is 2.31. The van der Waals surface area contributed by atoms with Gasteiger partial charge in [0.1, 0.15) is 19.3 Å². The first kappa shape index (κ1) is 110. The van der Waals surface area contributed by atoms with Gasteiger partial charge in [0.25, 0.3) is 0 Å². The van der Waals surface area contributed by atoms with Crippen molar-refractivity contribution >= 4 is 39.5 Å². The number of carbonyl (C=O) groups is 4. The highest BCUT2D eigenvalue weighted by atomic mass is 31.2. The lowest BCUT2D eigenvalue weighted by Gasteiger charge is -2.21. The number of ether oxygens (including phenoxy) is 4. The molecule has 112 heavy (non-hydrogen) atoms. The summed E-state index contributed by atoms with van der Waals surface area (Å²) in [7, 11) is -9.94. The normalized spacial score (nSPS) is 14.2. The first-order chi connectivity index (χ1) is 54.4. The van der Waals surface area contributed by atoms with Crippen LogP contribution in [0.5, 0.6) is 0 Å². The van der Waals surface area contributed by atoms with Crippen LogP contribution in [-0.4, -0.2) is 96.7 Å². The summed E-state index contributed by atoms with van der Waals surface area (Å²) in [6.45, 7) is 9.84. The number of aliphatic hydroxyl groups excluding tert-OH is 1. The van der Waals surface area contributed by atoms with Crippen molar-refractivity contribution < 1.29 is 80.2 Å². The third-order valence-corrected chi connectivity index (χ3v) is 24.6. The van der Waals surface area contributed by atoms with Crippen LogP contribution < -0.4 is 0 Å². The third-order valence-electron chi connectivity index (χ3n) is 22.7. The van der Waals surface area contributed by atoms with Crippen LogP contribution in [0.3, 0.4) is 0 Å². The van der Waals surface area contributed by atoms with Crippen molar-refractivity contribution in [2.45, 2.75) is 522 Å². The number of phosphoric acid groups is 2. The molecule has 0 rings (SSSR count). The largest absolute Gasteiger partial charge is 0.472 e. The molecule has 0 bridgehead atoms. The molecule has 0 fully saturated rings. The molecule has 0 aromatic rings. The highest BCUT2D eigenvalue weighted by molar-refractivity contribution is 7.47. The summed E-state index contributed by atoms with van der Waals surface area (Å²) in [6.07, 6.45) is 79.1. The molecule has 19 heteroatoms. The summed E-state index contributed by atoms with van der Waals surface area (Å²) in [5.41, 5.74) is 0. The minimum atomic E-state index is -4.97. The molecule has 7 atom stereocenters. The van der Waals surface area contributed by atoms with E-state index in [9.17, 15) is 43.2 Å². The topological polar surface area (TPSA) is 237 Å². The van der Waals surface area contributed by atoms with E-state index in [0.29, 0.717) is 25.7 Å². The number of hydrogen-bond donors (Lipinski definition) is 3. The van der Waals surface area contributed by atoms with Crippen molar-refractivity contribution in [1.29, 1.82) is 0 Å². The van der Waals surface area contributed by atoms with Crippen LogP contribution >= 0.6 is 15.6 Å². The molecule has 666 valence electrons. The monoisotopic (exact) mass is 1630 g/mol. The average Bonchev–Trinajstić information content (AvgIpc) is 0.901. The number of phosphoric ester groups is 2. The van der Waals surface area contributed by atoms with Gasteiger partial charge < -0.3 is 33.8 Å². The second-order valence-electron chi connectivity index (χ2n) is 33.9. The molecule has 0 spiro atoms. The molecule has 0 saturated carbocycles. The zero-order valence-corrected chi connectivity index (χ0v) is 75.8. The maximum Gasteiger partial charge on any atom is 0.472 e. The van der Waals surface area contributed by atoms with Crippen LogP contribution in [-0.2, 0) is 65.4 Å². The molecule has 0 radical (unpaired) electrons. The van der Waals surface area contributed by atoms with Crippen molar-refractivity contribution in [3.8, 4) is 0 Å². The van der Waals surface area contributed by atoms with E-state index < -0.39 is 97.5 Å². The second kappa shape index (κ2) is 84.1. The Morgan fingerprint density at radius 1 is 0.250 bits per heavy atom. The second-order valence-corrected chi connectivity index (χ2v) is 36.8. The summed E-state index contributed by atoms with van der Waals surface area (Å²) in [5, 5.41) is 10.7. The molecule has 0 heterocycles. The quantitative estimate of drug-likeness (QED) is 0.0222. The molecule has 0 aromatic heterocycles. The van der Waals surface area contributed by atoms with Gasteiger partial charge in [-0.3, -0.25) is 37.3 Å². The van der Waals surface area contributed by atoms with Gasteiger partial charge in [0, 0.05) is 25.7 Å². The Bertz CT molecular complexity index is 2140. The van der Waals surface area contributed by atoms with E-state index in [1.807, 2.05) is 0 Å². The zero-order chi connectivity index (χ0) is 82.0. The smallest absolute Gasteiger partial charge is 0.462 e. The van der Waals surface area contributed by atoms with E-state index in [-0.39, 0.29) is 25.7 Å². The van der Waals surface area contributed by atoms with Crippen LogP contribution in [0.1, 0.15) is 504 Å². The lowest BCUT2D eigenvalue weighted by Crippen LogP contribution is -2.30. The Labute approximate surface area is 689 Å². The van der Waals surface area contributed by atoms with Crippen LogP contribution in [0.15, 0.2) is 0 Å². The molecule has 0 aliphatic carbocycles. The Morgan fingerprint density at radius 2 is 0.429 bits per heavy atom. The van der Waals surface area contributed by atoms with Crippen LogP contribution in [0.2, 0.25) is 0 Å². The third kappa shape index (κ3) is 83.1. The van der Waals surface area contributed by atoms with E-state index in [1.54, 1.807) is 0 Å². The number of carbonyl (C=O) groups excluding carboxylic acids is 4. The Morgan fingerprint density at radius 3 is 0.634 bits per heavy atom. The van der Waals surface area contributed by atoms with Crippen LogP contribution in [0, 0.1) is 11.8 Å². The van der Waals surface area contributed by atoms with Crippen molar-refractivity contribution in [3.63, 3.8) is 0 Å². The van der Waals surface area contributed by atoms with E-state index in [2.05, 4.69) is 41.5 Å². The summed E-state index contributed by atoms with van der Waals surface area (Å²) >= 11 is 0. The SMILES string of the molecule is CCCCCCCCCCCCCCCCCCCCCCC(=O)OC[C@H](COP(=O)(O)OC[C@@H](O)COP(=O)(O)OC[C@@H](COC(=O)CCCCCCCCCCCCCC)OC(=O)CCCCCCCCCCCCCCCCC(C)CC)OC(=O)CCCCCCCCCCCCCCCCCCCCC(C)CC. The molecular formula is C93H182O17P2. The van der Waals surface area contributed by atoms with Gasteiger partial charge >= 0.3 is 39.5 Å². The molecule has 17 nitrogen and oxygen atoms in total. The van der Waals surface area contributed by atoms with Crippen molar-refractivity contribution in [3.05, 3.63) is 0 Å². The van der Waals surface area contributed by atoms with Crippen LogP contribution in [0.4, 0.5) is 0 Å².